The van der Waals surface area contributed by atoms with E-state index >= 15 is 0 Å². The van der Waals surface area contributed by atoms with Crippen LogP contribution in [0, 0.1) is 5.92 Å². The lowest BCUT2D eigenvalue weighted by Gasteiger charge is -2.32. The van der Waals surface area contributed by atoms with Crippen molar-refractivity contribution in [3.05, 3.63) is 64.4 Å². The number of carbonyl (C=O) groups excluding carboxylic acids is 2. The van der Waals surface area contributed by atoms with Crippen molar-refractivity contribution in [1.82, 2.24) is 9.78 Å². The third-order valence-electron chi connectivity index (χ3n) is 5.78. The Hall–Kier alpha value is -3.68. The fourth-order valence-corrected chi connectivity index (χ4v) is 4.18. The first-order valence-electron chi connectivity index (χ1n) is 11.3. The van der Waals surface area contributed by atoms with E-state index in [1.807, 2.05) is 18.2 Å². The number of fused-ring (bicyclic) bond motifs is 1. The summed E-state index contributed by atoms with van der Waals surface area (Å²) in [6, 6.07) is 13.8. The van der Waals surface area contributed by atoms with Crippen molar-refractivity contribution < 1.29 is 14.3 Å². The highest BCUT2D eigenvalue weighted by Crippen LogP contribution is 2.26. The van der Waals surface area contributed by atoms with Gasteiger partial charge in [0.1, 0.15) is 6.54 Å². The number of nitrogens with one attached hydrogen (secondary N) is 1. The number of piperidine rings is 1. The molecule has 8 heteroatoms. The van der Waals surface area contributed by atoms with Crippen LogP contribution in [0.25, 0.3) is 10.8 Å². The van der Waals surface area contributed by atoms with E-state index in [1.54, 1.807) is 37.3 Å². The van der Waals surface area contributed by atoms with Gasteiger partial charge in [0, 0.05) is 24.2 Å². The van der Waals surface area contributed by atoms with Gasteiger partial charge in [-0.15, -0.1) is 0 Å². The lowest BCUT2D eigenvalue weighted by molar-refractivity contribution is -0.117. The number of rotatable bonds is 6. The van der Waals surface area contributed by atoms with Crippen molar-refractivity contribution in [3.63, 3.8) is 0 Å². The van der Waals surface area contributed by atoms with Crippen LogP contribution in [0.1, 0.15) is 37.0 Å². The minimum atomic E-state index is -0.415. The maximum atomic E-state index is 13.0. The first-order chi connectivity index (χ1) is 16.0. The van der Waals surface area contributed by atoms with Gasteiger partial charge in [0.2, 0.25) is 5.91 Å². The average molecular weight is 449 g/mol. The second-order valence-corrected chi connectivity index (χ2v) is 8.37. The summed E-state index contributed by atoms with van der Waals surface area (Å²) < 4.78 is 6.20. The van der Waals surface area contributed by atoms with Gasteiger partial charge < -0.3 is 15.0 Å². The summed E-state index contributed by atoms with van der Waals surface area (Å²) in [5, 5.41) is 8.73. The molecule has 3 aromatic rings. The summed E-state index contributed by atoms with van der Waals surface area (Å²) in [4.78, 5) is 39.8. The Morgan fingerprint density at radius 2 is 1.85 bits per heavy atom. The number of esters is 1. The highest BCUT2D eigenvalue weighted by atomic mass is 16.5. The number of hydrogen-bond donors (Lipinski definition) is 1. The van der Waals surface area contributed by atoms with E-state index in [0.717, 1.165) is 30.7 Å². The minimum absolute atomic E-state index is 0.209. The number of nitrogens with zero attached hydrogens (tertiary/aromatic N) is 3. The van der Waals surface area contributed by atoms with Crippen molar-refractivity contribution in [3.8, 4) is 0 Å². The fraction of sp³-hybridized carbons (Fsp3) is 0.360. The summed E-state index contributed by atoms with van der Waals surface area (Å²) in [7, 11) is 0. The van der Waals surface area contributed by atoms with Gasteiger partial charge in [-0.1, -0.05) is 25.1 Å². The summed E-state index contributed by atoms with van der Waals surface area (Å²) in [6.45, 7) is 5.78. The first-order valence-corrected chi connectivity index (χ1v) is 11.3. The molecule has 33 heavy (non-hydrogen) atoms. The second kappa shape index (κ2) is 9.85. The molecule has 1 atom stereocenters. The van der Waals surface area contributed by atoms with Gasteiger partial charge >= 0.3 is 5.97 Å². The molecule has 1 aromatic heterocycles. The van der Waals surface area contributed by atoms with Crippen LogP contribution in [0.15, 0.2) is 53.3 Å². The molecule has 2 heterocycles. The van der Waals surface area contributed by atoms with Gasteiger partial charge in [-0.05, 0) is 56.0 Å². The Labute approximate surface area is 192 Å². The van der Waals surface area contributed by atoms with Crippen LogP contribution in [0.5, 0.6) is 0 Å². The predicted octanol–water partition coefficient (Wildman–Crippen LogP) is 3.45. The second-order valence-electron chi connectivity index (χ2n) is 8.37. The highest BCUT2D eigenvalue weighted by Gasteiger charge is 2.22. The molecule has 1 amide bonds. The molecule has 1 N–H and O–H groups in total. The zero-order valence-electron chi connectivity index (χ0n) is 18.9. The Morgan fingerprint density at radius 3 is 2.55 bits per heavy atom. The van der Waals surface area contributed by atoms with E-state index in [-0.39, 0.29) is 18.0 Å². The topological polar surface area (TPSA) is 93.5 Å². The Kier molecular flexibility index (Phi) is 6.72. The Bertz CT molecular complexity index is 1220. The Morgan fingerprint density at radius 1 is 1.12 bits per heavy atom. The highest BCUT2D eigenvalue weighted by molar-refractivity contribution is 5.94. The number of ether oxygens (including phenoxy) is 1. The molecule has 0 spiro atoms. The number of hydrogen-bond acceptors (Lipinski definition) is 6. The quantitative estimate of drug-likeness (QED) is 0.581. The van der Waals surface area contributed by atoms with Crippen molar-refractivity contribution in [1.29, 1.82) is 0 Å². The van der Waals surface area contributed by atoms with Gasteiger partial charge in [0.05, 0.1) is 17.6 Å². The SMILES string of the molecule is CCOC(=O)c1ccc(NC(=O)Cn2nc(N3CCC[C@@H](C)C3)c3ccccc3c2=O)cc1. The maximum absolute atomic E-state index is 13.0. The van der Waals surface area contributed by atoms with E-state index in [2.05, 4.69) is 22.2 Å². The predicted molar refractivity (Wildman–Crippen MR) is 128 cm³/mol. The van der Waals surface area contributed by atoms with Gasteiger partial charge in [0.15, 0.2) is 5.82 Å². The van der Waals surface area contributed by atoms with Crippen LogP contribution in [-0.4, -0.2) is 41.4 Å². The van der Waals surface area contributed by atoms with Crippen molar-refractivity contribution >= 4 is 34.2 Å². The lowest BCUT2D eigenvalue weighted by atomic mass is 10.00. The van der Waals surface area contributed by atoms with E-state index in [9.17, 15) is 14.4 Å². The van der Waals surface area contributed by atoms with Crippen molar-refractivity contribution in [2.24, 2.45) is 5.92 Å². The molecule has 0 radical (unpaired) electrons. The van der Waals surface area contributed by atoms with E-state index in [4.69, 9.17) is 4.74 Å². The zero-order valence-corrected chi connectivity index (χ0v) is 18.9. The van der Waals surface area contributed by atoms with Crippen LogP contribution in [0.2, 0.25) is 0 Å². The molecule has 1 saturated heterocycles. The van der Waals surface area contributed by atoms with Crippen LogP contribution >= 0.6 is 0 Å². The van der Waals surface area contributed by atoms with Gasteiger partial charge in [0.25, 0.3) is 5.56 Å². The number of benzene rings is 2. The van der Waals surface area contributed by atoms with E-state index < -0.39 is 5.97 Å². The molecule has 2 aromatic carbocycles. The molecule has 1 aliphatic rings. The maximum Gasteiger partial charge on any atom is 0.338 e. The summed E-state index contributed by atoms with van der Waals surface area (Å²) >= 11 is 0. The zero-order chi connectivity index (χ0) is 23.4. The largest absolute Gasteiger partial charge is 0.462 e. The minimum Gasteiger partial charge on any atom is -0.462 e. The first kappa shape index (κ1) is 22.5. The molecule has 0 bridgehead atoms. The van der Waals surface area contributed by atoms with Crippen LogP contribution in [0.3, 0.4) is 0 Å². The molecular formula is C25H28N4O4. The lowest BCUT2D eigenvalue weighted by Crippen LogP contribution is -2.38. The monoisotopic (exact) mass is 448 g/mol. The smallest absolute Gasteiger partial charge is 0.338 e. The van der Waals surface area contributed by atoms with E-state index in [1.165, 1.54) is 11.1 Å². The average Bonchev–Trinajstić information content (AvgIpc) is 2.81. The molecule has 0 aliphatic carbocycles. The molecule has 8 nitrogen and oxygen atoms in total. The van der Waals surface area contributed by atoms with Crippen molar-refractivity contribution in [2.45, 2.75) is 33.2 Å². The third kappa shape index (κ3) is 5.05. The summed E-state index contributed by atoms with van der Waals surface area (Å²) in [6.07, 6.45) is 2.24. The molecule has 0 unspecified atom stereocenters. The molecule has 1 fully saturated rings. The molecule has 0 saturated carbocycles. The number of aromatic nitrogens is 2. The third-order valence-corrected chi connectivity index (χ3v) is 5.78. The molecular weight excluding hydrogens is 420 g/mol. The van der Waals surface area contributed by atoms with Crippen molar-refractivity contribution in [2.75, 3.05) is 29.9 Å². The number of amides is 1. The van der Waals surface area contributed by atoms with E-state index in [0.29, 0.717) is 29.2 Å². The summed E-state index contributed by atoms with van der Waals surface area (Å²) in [5.41, 5.74) is 0.627. The fourth-order valence-electron chi connectivity index (χ4n) is 4.18. The van der Waals surface area contributed by atoms with Gasteiger partial charge in [-0.3, -0.25) is 9.59 Å². The molecule has 172 valence electrons. The summed E-state index contributed by atoms with van der Waals surface area (Å²) in [5.74, 6) is 0.493. The van der Waals surface area contributed by atoms with Crippen LogP contribution < -0.4 is 15.8 Å². The molecule has 4 rings (SSSR count). The van der Waals surface area contributed by atoms with Gasteiger partial charge in [-0.2, -0.15) is 5.10 Å². The number of anilines is 2. The Balaban J connectivity index is 1.57. The molecule has 1 aliphatic heterocycles. The number of carbonyl (C=O) groups is 2. The van der Waals surface area contributed by atoms with Gasteiger partial charge in [-0.25, -0.2) is 9.48 Å². The standard InChI is InChI=1S/C25H28N4O4/c1-3-33-25(32)18-10-12-19(13-11-18)26-22(30)16-29-24(31)21-9-5-4-8-20(21)23(27-29)28-14-6-7-17(2)15-28/h4-5,8-13,17H,3,6-7,14-16H2,1-2H3,(H,26,30)/t17-/m1/s1. The normalized spacial score (nSPS) is 15.9. The van der Waals surface area contributed by atoms with Crippen LogP contribution in [0.4, 0.5) is 11.5 Å². The van der Waals surface area contributed by atoms with Crippen LogP contribution in [-0.2, 0) is 16.1 Å².